The molecule has 1 saturated carbocycles. The van der Waals surface area contributed by atoms with E-state index >= 15 is 0 Å². The van der Waals surface area contributed by atoms with Gasteiger partial charge < -0.3 is 15.2 Å². The number of nitrogens with one attached hydrogen (secondary N) is 1. The van der Waals surface area contributed by atoms with Crippen LogP contribution in [0.4, 0.5) is 18.9 Å². The number of anilines is 1. The number of aliphatic hydroxyl groups is 1. The van der Waals surface area contributed by atoms with Crippen molar-refractivity contribution in [3.63, 3.8) is 0 Å². The van der Waals surface area contributed by atoms with E-state index in [4.69, 9.17) is 4.74 Å². The molecule has 7 heteroatoms. The Kier molecular flexibility index (Phi) is 8.43. The van der Waals surface area contributed by atoms with E-state index in [-0.39, 0.29) is 30.3 Å². The fourth-order valence-corrected chi connectivity index (χ4v) is 7.88. The smallest absolute Gasteiger partial charge is 0.392 e. The molecule has 2 aromatic rings. The molecule has 4 aliphatic rings. The SMILES string of the molecule is OC1CCCN(C2CCCC(CC[C@H]3CC[C@@H]4[C@H](O3)c3cc(C(F)(F)F)ccc3N[C@H]4c3ccccc3)CC2)C1. The fourth-order valence-electron chi connectivity index (χ4n) is 7.88. The summed E-state index contributed by atoms with van der Waals surface area (Å²) in [5.41, 5.74) is 1.95. The summed E-state index contributed by atoms with van der Waals surface area (Å²) in [6.45, 7) is 1.94. The van der Waals surface area contributed by atoms with Crippen LogP contribution in [0, 0.1) is 11.8 Å². The van der Waals surface area contributed by atoms with Crippen molar-refractivity contribution in [2.45, 2.75) is 107 Å². The van der Waals surface area contributed by atoms with Crippen molar-refractivity contribution >= 4 is 5.69 Å². The van der Waals surface area contributed by atoms with Crippen LogP contribution >= 0.6 is 0 Å². The monoisotopic (exact) mass is 556 g/mol. The Labute approximate surface area is 236 Å². The number of fused-ring (bicyclic) bond motifs is 3. The largest absolute Gasteiger partial charge is 0.416 e. The van der Waals surface area contributed by atoms with E-state index in [1.54, 1.807) is 6.07 Å². The molecule has 1 aliphatic carbocycles. The molecule has 0 bridgehead atoms. The first-order chi connectivity index (χ1) is 19.3. The van der Waals surface area contributed by atoms with Gasteiger partial charge in [-0.2, -0.15) is 13.2 Å². The van der Waals surface area contributed by atoms with E-state index in [1.165, 1.54) is 44.2 Å². The second kappa shape index (κ2) is 12.0. The van der Waals surface area contributed by atoms with Gasteiger partial charge in [-0.25, -0.2) is 0 Å². The Morgan fingerprint density at radius 1 is 0.900 bits per heavy atom. The van der Waals surface area contributed by atoms with Gasteiger partial charge in [0.2, 0.25) is 0 Å². The number of nitrogens with zero attached hydrogens (tertiary/aromatic N) is 1. The number of rotatable bonds is 5. The number of hydrogen-bond donors (Lipinski definition) is 2. The molecule has 3 heterocycles. The lowest BCUT2D eigenvalue weighted by molar-refractivity contribution is -0.138. The molecular weight excluding hydrogens is 513 g/mol. The highest BCUT2D eigenvalue weighted by Crippen LogP contribution is 2.52. The van der Waals surface area contributed by atoms with Gasteiger partial charge in [0.25, 0.3) is 0 Å². The molecule has 2 saturated heterocycles. The highest BCUT2D eigenvalue weighted by molar-refractivity contribution is 5.58. The van der Waals surface area contributed by atoms with Crippen molar-refractivity contribution in [1.82, 2.24) is 4.90 Å². The van der Waals surface area contributed by atoms with Crippen LogP contribution in [0.3, 0.4) is 0 Å². The number of β-amino-alcohol motifs (C(OH)–C–C–N with tert-alkyl or cyclic N) is 1. The number of ether oxygens (including phenoxy) is 1. The van der Waals surface area contributed by atoms with Crippen LogP contribution in [0.5, 0.6) is 0 Å². The lowest BCUT2D eigenvalue weighted by Crippen LogP contribution is -2.44. The zero-order chi connectivity index (χ0) is 27.7. The van der Waals surface area contributed by atoms with Crippen LogP contribution in [-0.4, -0.2) is 41.3 Å². The third-order valence-electron chi connectivity index (χ3n) is 10.0. The van der Waals surface area contributed by atoms with Crippen LogP contribution in [0.2, 0.25) is 0 Å². The van der Waals surface area contributed by atoms with Crippen LogP contribution < -0.4 is 5.32 Å². The van der Waals surface area contributed by atoms with E-state index in [0.717, 1.165) is 62.9 Å². The number of alkyl halides is 3. The Hall–Kier alpha value is -2.09. The van der Waals surface area contributed by atoms with Gasteiger partial charge in [-0.05, 0) is 94.0 Å². The van der Waals surface area contributed by atoms with Gasteiger partial charge in [-0.15, -0.1) is 0 Å². The van der Waals surface area contributed by atoms with Crippen molar-refractivity contribution in [3.05, 3.63) is 65.2 Å². The van der Waals surface area contributed by atoms with Crippen molar-refractivity contribution in [2.75, 3.05) is 18.4 Å². The molecule has 0 radical (unpaired) electrons. The maximum Gasteiger partial charge on any atom is 0.416 e. The minimum Gasteiger partial charge on any atom is -0.392 e. The lowest BCUT2D eigenvalue weighted by Gasteiger charge is -2.46. The van der Waals surface area contributed by atoms with E-state index in [9.17, 15) is 18.3 Å². The van der Waals surface area contributed by atoms with E-state index in [0.29, 0.717) is 17.5 Å². The van der Waals surface area contributed by atoms with Crippen LogP contribution in [0.25, 0.3) is 0 Å². The molecule has 6 rings (SSSR count). The highest BCUT2D eigenvalue weighted by Gasteiger charge is 2.43. The minimum absolute atomic E-state index is 0.0171. The summed E-state index contributed by atoms with van der Waals surface area (Å²) in [6, 6.07) is 14.9. The molecule has 3 aliphatic heterocycles. The normalized spacial score (nSPS) is 33.4. The zero-order valence-corrected chi connectivity index (χ0v) is 23.3. The predicted octanol–water partition coefficient (Wildman–Crippen LogP) is 7.89. The number of halogens is 3. The summed E-state index contributed by atoms with van der Waals surface area (Å²) in [7, 11) is 0. The zero-order valence-electron chi connectivity index (χ0n) is 23.3. The number of aliphatic hydroxyl groups excluding tert-OH is 1. The van der Waals surface area contributed by atoms with E-state index < -0.39 is 11.7 Å². The Morgan fingerprint density at radius 2 is 1.75 bits per heavy atom. The fraction of sp³-hybridized carbons (Fsp3) is 0.636. The van der Waals surface area contributed by atoms with E-state index in [2.05, 4.69) is 22.3 Å². The van der Waals surface area contributed by atoms with Crippen molar-refractivity contribution in [2.24, 2.45) is 11.8 Å². The summed E-state index contributed by atoms with van der Waals surface area (Å²) in [5, 5.41) is 13.7. The standard InChI is InChI=1S/C33H43F3N2O2/c34-33(35,36)24-13-18-30-29(20-24)32-28(31(37-30)23-7-2-1-3-8-23)17-16-27(40-32)15-12-22-6-4-9-25(14-11-22)38-19-5-10-26(39)21-38/h1-3,7-8,13,18,20,22,25-28,31-32,37,39H,4-6,9-12,14-17,19,21H2/t22?,25?,26?,27-,28-,31-,32-/m0/s1. The summed E-state index contributed by atoms with van der Waals surface area (Å²) in [5.74, 6) is 0.767. The van der Waals surface area contributed by atoms with Crippen LogP contribution in [0.1, 0.15) is 99.5 Å². The molecule has 4 nitrogen and oxygen atoms in total. The number of likely N-dealkylation sites (tertiary alicyclic amines) is 1. The Morgan fingerprint density at radius 3 is 2.55 bits per heavy atom. The maximum absolute atomic E-state index is 13.6. The van der Waals surface area contributed by atoms with Gasteiger partial charge in [0.1, 0.15) is 0 Å². The van der Waals surface area contributed by atoms with Crippen molar-refractivity contribution in [1.29, 1.82) is 0 Å². The average molecular weight is 557 g/mol. The van der Waals surface area contributed by atoms with Gasteiger partial charge in [0.15, 0.2) is 0 Å². The van der Waals surface area contributed by atoms with Gasteiger partial charge in [-0.3, -0.25) is 4.90 Å². The minimum atomic E-state index is -4.38. The molecule has 0 amide bonds. The third kappa shape index (κ3) is 6.22. The van der Waals surface area contributed by atoms with Gasteiger partial charge in [0, 0.05) is 29.8 Å². The van der Waals surface area contributed by atoms with Gasteiger partial charge >= 0.3 is 6.18 Å². The quantitative estimate of drug-likeness (QED) is 0.368. The molecule has 2 N–H and O–H groups in total. The molecule has 218 valence electrons. The van der Waals surface area contributed by atoms with Gasteiger partial charge in [-0.1, -0.05) is 43.2 Å². The molecule has 0 spiro atoms. The molecule has 40 heavy (non-hydrogen) atoms. The maximum atomic E-state index is 13.6. The summed E-state index contributed by atoms with van der Waals surface area (Å²) in [4.78, 5) is 2.52. The van der Waals surface area contributed by atoms with Crippen molar-refractivity contribution in [3.8, 4) is 0 Å². The summed E-state index contributed by atoms with van der Waals surface area (Å²) in [6.07, 6.45) is 7.29. The molecule has 2 aromatic carbocycles. The summed E-state index contributed by atoms with van der Waals surface area (Å²) >= 11 is 0. The first kappa shape index (κ1) is 28.0. The first-order valence-electron chi connectivity index (χ1n) is 15.5. The molecular formula is C33H43F3N2O2. The van der Waals surface area contributed by atoms with E-state index in [1.807, 2.05) is 18.2 Å². The summed E-state index contributed by atoms with van der Waals surface area (Å²) < 4.78 is 47.7. The second-order valence-electron chi connectivity index (χ2n) is 12.6. The van der Waals surface area contributed by atoms with Crippen LogP contribution in [-0.2, 0) is 10.9 Å². The molecule has 3 unspecified atom stereocenters. The number of piperidine rings is 1. The molecule has 7 atom stereocenters. The topological polar surface area (TPSA) is 44.7 Å². The molecule has 3 fully saturated rings. The highest BCUT2D eigenvalue weighted by atomic mass is 19.4. The second-order valence-corrected chi connectivity index (χ2v) is 12.6. The van der Waals surface area contributed by atoms with Crippen LogP contribution in [0.15, 0.2) is 48.5 Å². The number of hydrogen-bond acceptors (Lipinski definition) is 4. The third-order valence-corrected chi connectivity index (χ3v) is 10.0. The first-order valence-corrected chi connectivity index (χ1v) is 15.5. The van der Waals surface area contributed by atoms with Crippen molar-refractivity contribution < 1.29 is 23.0 Å². The average Bonchev–Trinajstić information content (AvgIpc) is 3.21. The lowest BCUT2D eigenvalue weighted by atomic mass is 9.75. The Balaban J connectivity index is 1.12. The van der Waals surface area contributed by atoms with Gasteiger partial charge in [0.05, 0.1) is 29.9 Å². The Bertz CT molecular complexity index is 1130. The predicted molar refractivity (Wildman–Crippen MR) is 151 cm³/mol. The molecule has 0 aromatic heterocycles. The number of benzene rings is 2.